The minimum Gasteiger partial charge on any atom is -0.472 e. The lowest BCUT2D eigenvalue weighted by atomic mass is 10.1. The Morgan fingerprint density at radius 1 is 1.08 bits per heavy atom. The van der Waals surface area contributed by atoms with Crippen LogP contribution in [0.5, 0.6) is 0 Å². The van der Waals surface area contributed by atoms with Crippen LogP contribution < -0.4 is 4.90 Å². The Balaban J connectivity index is 1.54. The molecule has 9 nitrogen and oxygen atoms in total. The van der Waals surface area contributed by atoms with Gasteiger partial charge in [0.25, 0.3) is 5.91 Å². The standard InChI is InChI=1S/C27H31N3O6S/c1-19(2)16-30(17-22(31)10-9-20-7-5-4-6-8-20)37(33,34)23-11-12-24-25(15-23)36-27(28-24)29(3)26(32)21-13-14-35-18-21/h4-8,11-15,18-19,22,31H,9-10,16-17H2,1-3H3. The summed E-state index contributed by atoms with van der Waals surface area (Å²) in [6.45, 7) is 4.09. The van der Waals surface area contributed by atoms with Gasteiger partial charge in [-0.2, -0.15) is 9.29 Å². The van der Waals surface area contributed by atoms with E-state index in [4.69, 9.17) is 8.83 Å². The first-order chi connectivity index (χ1) is 17.6. The number of aliphatic hydroxyl groups is 1. The van der Waals surface area contributed by atoms with E-state index in [1.54, 1.807) is 6.07 Å². The van der Waals surface area contributed by atoms with Gasteiger partial charge in [0.1, 0.15) is 11.8 Å². The van der Waals surface area contributed by atoms with Gasteiger partial charge in [-0.25, -0.2) is 8.42 Å². The molecule has 1 unspecified atom stereocenters. The largest absolute Gasteiger partial charge is 0.472 e. The number of oxazole rings is 1. The molecule has 1 N–H and O–H groups in total. The van der Waals surface area contributed by atoms with Gasteiger partial charge in [-0.3, -0.25) is 9.69 Å². The first kappa shape index (κ1) is 26.6. The smallest absolute Gasteiger partial charge is 0.305 e. The summed E-state index contributed by atoms with van der Waals surface area (Å²) in [5, 5.41) is 10.7. The summed E-state index contributed by atoms with van der Waals surface area (Å²) in [7, 11) is -2.42. The van der Waals surface area contributed by atoms with Crippen LogP contribution in [0.1, 0.15) is 36.2 Å². The molecule has 0 aliphatic heterocycles. The topological polar surface area (TPSA) is 117 Å². The van der Waals surface area contributed by atoms with Gasteiger partial charge in [-0.05, 0) is 42.5 Å². The van der Waals surface area contributed by atoms with E-state index in [1.165, 1.54) is 47.0 Å². The van der Waals surface area contributed by atoms with Gasteiger partial charge in [0, 0.05) is 26.2 Å². The van der Waals surface area contributed by atoms with Crippen molar-refractivity contribution in [3.63, 3.8) is 0 Å². The number of nitrogens with zero attached hydrogens (tertiary/aromatic N) is 3. The molecule has 0 saturated carbocycles. The number of anilines is 1. The lowest BCUT2D eigenvalue weighted by Crippen LogP contribution is -2.40. The van der Waals surface area contributed by atoms with E-state index in [2.05, 4.69) is 4.98 Å². The number of aryl methyl sites for hydroxylation is 1. The molecule has 0 fully saturated rings. The predicted octanol–water partition coefficient (Wildman–Crippen LogP) is 4.34. The molecule has 0 saturated heterocycles. The fourth-order valence-electron chi connectivity index (χ4n) is 3.99. The molecule has 2 aromatic carbocycles. The highest BCUT2D eigenvalue weighted by molar-refractivity contribution is 7.89. The van der Waals surface area contributed by atoms with Crippen LogP contribution in [-0.4, -0.2) is 55.0 Å². The third-order valence-corrected chi connectivity index (χ3v) is 7.77. The van der Waals surface area contributed by atoms with E-state index in [-0.39, 0.29) is 41.4 Å². The number of hydrogen-bond acceptors (Lipinski definition) is 7. The Morgan fingerprint density at radius 2 is 1.84 bits per heavy atom. The Labute approximate surface area is 216 Å². The van der Waals surface area contributed by atoms with Gasteiger partial charge >= 0.3 is 6.01 Å². The molecule has 0 spiro atoms. The summed E-state index contributed by atoms with van der Waals surface area (Å²) < 4.78 is 39.2. The Morgan fingerprint density at radius 3 is 2.51 bits per heavy atom. The second-order valence-electron chi connectivity index (χ2n) is 9.40. The third kappa shape index (κ3) is 6.27. The van der Waals surface area contributed by atoms with E-state index < -0.39 is 16.1 Å². The predicted molar refractivity (Wildman–Crippen MR) is 140 cm³/mol. The summed E-state index contributed by atoms with van der Waals surface area (Å²) in [5.41, 5.74) is 2.07. The second kappa shape index (κ2) is 11.3. The molecule has 1 atom stereocenters. The van der Waals surface area contributed by atoms with Crippen LogP contribution in [0.2, 0.25) is 0 Å². The molecule has 2 heterocycles. The SMILES string of the molecule is CC(C)CN(CC(O)CCc1ccccc1)S(=O)(=O)c1ccc2nc(N(C)C(=O)c3ccoc3)oc2c1. The van der Waals surface area contributed by atoms with Crippen molar-refractivity contribution in [1.29, 1.82) is 0 Å². The molecule has 1 amide bonds. The molecule has 37 heavy (non-hydrogen) atoms. The summed E-state index contributed by atoms with van der Waals surface area (Å²) in [6, 6.07) is 15.8. The van der Waals surface area contributed by atoms with Crippen molar-refractivity contribution in [1.82, 2.24) is 9.29 Å². The second-order valence-corrected chi connectivity index (χ2v) is 11.3. The maximum Gasteiger partial charge on any atom is 0.305 e. The number of sulfonamides is 1. The molecule has 4 rings (SSSR count). The molecule has 196 valence electrons. The lowest BCUT2D eigenvalue weighted by Gasteiger charge is -2.26. The Kier molecular flexibility index (Phi) is 8.11. The zero-order valence-electron chi connectivity index (χ0n) is 21.1. The summed E-state index contributed by atoms with van der Waals surface area (Å²) >= 11 is 0. The lowest BCUT2D eigenvalue weighted by molar-refractivity contribution is 0.0988. The number of amides is 1. The molecule has 10 heteroatoms. The minimum atomic E-state index is -3.94. The Hall–Kier alpha value is -3.47. The number of fused-ring (bicyclic) bond motifs is 1. The van der Waals surface area contributed by atoms with Crippen LogP contribution in [-0.2, 0) is 16.4 Å². The first-order valence-corrected chi connectivity index (χ1v) is 13.5. The number of carbonyl (C=O) groups is 1. The molecule has 4 aromatic rings. The van der Waals surface area contributed by atoms with Crippen LogP contribution in [0, 0.1) is 5.92 Å². The monoisotopic (exact) mass is 525 g/mol. The van der Waals surface area contributed by atoms with Crippen LogP contribution in [0.15, 0.2) is 80.9 Å². The van der Waals surface area contributed by atoms with Gasteiger partial charge in [0.15, 0.2) is 5.58 Å². The minimum absolute atomic E-state index is 0.0189. The molecule has 0 bridgehead atoms. The number of hydrogen-bond donors (Lipinski definition) is 1. The van der Waals surface area contributed by atoms with E-state index >= 15 is 0 Å². The van der Waals surface area contributed by atoms with Crippen molar-refractivity contribution in [3.8, 4) is 0 Å². The van der Waals surface area contributed by atoms with Crippen molar-refractivity contribution in [2.75, 3.05) is 25.0 Å². The maximum absolute atomic E-state index is 13.6. The van der Waals surface area contributed by atoms with E-state index in [0.717, 1.165) is 5.56 Å². The molecule has 0 radical (unpaired) electrons. The molecular formula is C27H31N3O6S. The number of aliphatic hydroxyl groups excluding tert-OH is 1. The average Bonchev–Trinajstić information content (AvgIpc) is 3.56. The summed E-state index contributed by atoms with van der Waals surface area (Å²) in [4.78, 5) is 18.2. The fourth-order valence-corrected chi connectivity index (χ4v) is 5.65. The Bertz CT molecular complexity index is 1430. The zero-order valence-corrected chi connectivity index (χ0v) is 21.9. The van der Waals surface area contributed by atoms with Crippen molar-refractivity contribution in [2.45, 2.75) is 37.7 Å². The van der Waals surface area contributed by atoms with Gasteiger partial charge in [0.05, 0.1) is 22.8 Å². The van der Waals surface area contributed by atoms with Crippen LogP contribution in [0.4, 0.5) is 6.01 Å². The van der Waals surface area contributed by atoms with Gasteiger partial charge in [0.2, 0.25) is 10.0 Å². The van der Waals surface area contributed by atoms with Crippen molar-refractivity contribution in [2.24, 2.45) is 5.92 Å². The van der Waals surface area contributed by atoms with Crippen LogP contribution in [0.25, 0.3) is 11.1 Å². The fraction of sp³-hybridized carbons (Fsp3) is 0.333. The third-order valence-electron chi connectivity index (χ3n) is 5.94. The highest BCUT2D eigenvalue weighted by atomic mass is 32.2. The maximum atomic E-state index is 13.6. The zero-order chi connectivity index (χ0) is 26.6. The number of aromatic nitrogens is 1. The number of furan rings is 1. The summed E-state index contributed by atoms with van der Waals surface area (Å²) in [6.07, 6.45) is 2.98. The van der Waals surface area contributed by atoms with Crippen molar-refractivity contribution in [3.05, 3.63) is 78.3 Å². The van der Waals surface area contributed by atoms with Crippen LogP contribution in [0.3, 0.4) is 0 Å². The van der Waals surface area contributed by atoms with Gasteiger partial charge in [-0.15, -0.1) is 0 Å². The van der Waals surface area contributed by atoms with Gasteiger partial charge in [-0.1, -0.05) is 44.2 Å². The van der Waals surface area contributed by atoms with E-state index in [1.807, 2.05) is 44.2 Å². The summed E-state index contributed by atoms with van der Waals surface area (Å²) in [5.74, 6) is -0.319. The quantitative estimate of drug-likeness (QED) is 0.310. The highest BCUT2D eigenvalue weighted by Gasteiger charge is 2.28. The molecule has 0 aliphatic carbocycles. The van der Waals surface area contributed by atoms with E-state index in [0.29, 0.717) is 23.9 Å². The average molecular weight is 526 g/mol. The normalized spacial score (nSPS) is 12.9. The molecule has 2 aromatic heterocycles. The van der Waals surface area contributed by atoms with E-state index in [9.17, 15) is 18.3 Å². The van der Waals surface area contributed by atoms with Crippen LogP contribution >= 0.6 is 0 Å². The highest BCUT2D eigenvalue weighted by Crippen LogP contribution is 2.27. The molecular weight excluding hydrogens is 494 g/mol. The number of rotatable bonds is 11. The van der Waals surface area contributed by atoms with Gasteiger partial charge < -0.3 is 13.9 Å². The number of benzene rings is 2. The number of carbonyl (C=O) groups excluding carboxylic acids is 1. The first-order valence-electron chi connectivity index (χ1n) is 12.1. The van der Waals surface area contributed by atoms with Crippen molar-refractivity contribution >= 4 is 33.0 Å². The van der Waals surface area contributed by atoms with Crippen molar-refractivity contribution < 1.29 is 27.2 Å². The molecule has 0 aliphatic rings.